The molecule has 16 heavy (non-hydrogen) atoms. The molecule has 0 spiro atoms. The van der Waals surface area contributed by atoms with E-state index in [2.05, 4.69) is 5.10 Å². The number of hydrogen-bond acceptors (Lipinski definition) is 3. The molecule has 0 amide bonds. The number of aliphatic carboxylic acids is 1. The molecule has 1 aromatic rings. The van der Waals surface area contributed by atoms with Crippen molar-refractivity contribution in [2.24, 2.45) is 7.05 Å². The van der Waals surface area contributed by atoms with E-state index in [1.54, 1.807) is 14.0 Å². The minimum absolute atomic E-state index is 0.117. The maximum absolute atomic E-state index is 11.7. The molecule has 2 atom stereocenters. The van der Waals surface area contributed by atoms with Crippen molar-refractivity contribution in [3.05, 3.63) is 16.4 Å². The van der Waals surface area contributed by atoms with Gasteiger partial charge in [0.1, 0.15) is 10.4 Å². The summed E-state index contributed by atoms with van der Waals surface area (Å²) in [6.07, 6.45) is 0. The highest BCUT2D eigenvalue weighted by atomic mass is 35.5. The van der Waals surface area contributed by atoms with Crippen molar-refractivity contribution in [3.63, 3.8) is 0 Å². The Morgan fingerprint density at radius 1 is 1.69 bits per heavy atom. The van der Waals surface area contributed by atoms with Crippen molar-refractivity contribution in [2.45, 2.75) is 24.9 Å². The van der Waals surface area contributed by atoms with Crippen LogP contribution in [0, 0.1) is 6.92 Å². The normalized spacial score (nSPS) is 14.8. The fourth-order valence-electron chi connectivity index (χ4n) is 1.22. The third kappa shape index (κ3) is 2.62. The molecule has 0 saturated heterocycles. The molecule has 0 aliphatic heterocycles. The molecule has 1 heterocycles. The Morgan fingerprint density at radius 2 is 2.25 bits per heavy atom. The van der Waals surface area contributed by atoms with Crippen LogP contribution >= 0.6 is 11.6 Å². The molecule has 1 rings (SSSR count). The molecular formula is C9H13ClN2O3S. The van der Waals surface area contributed by atoms with Gasteiger partial charge in [-0.2, -0.15) is 5.10 Å². The highest BCUT2D eigenvalue weighted by molar-refractivity contribution is 7.85. The van der Waals surface area contributed by atoms with E-state index >= 15 is 0 Å². The molecule has 5 nitrogen and oxygen atoms in total. The molecule has 0 aliphatic rings. The summed E-state index contributed by atoms with van der Waals surface area (Å²) in [5, 5.41) is 12.3. The molecule has 0 aromatic carbocycles. The molecule has 0 saturated carbocycles. The Balaban J connectivity index is 2.89. The molecular weight excluding hydrogens is 252 g/mol. The van der Waals surface area contributed by atoms with E-state index in [0.717, 1.165) is 0 Å². The smallest absolute Gasteiger partial charge is 0.318 e. The van der Waals surface area contributed by atoms with Gasteiger partial charge in [-0.15, -0.1) is 0 Å². The van der Waals surface area contributed by atoms with Gasteiger partial charge in [-0.25, -0.2) is 0 Å². The first-order valence-corrected chi connectivity index (χ1v) is 6.38. The molecule has 0 fully saturated rings. The lowest BCUT2D eigenvalue weighted by Gasteiger charge is -2.06. The van der Waals surface area contributed by atoms with Crippen LogP contribution in [0.3, 0.4) is 0 Å². The van der Waals surface area contributed by atoms with E-state index in [1.807, 2.05) is 0 Å². The molecule has 0 aliphatic carbocycles. The fourth-order valence-corrected chi connectivity index (χ4v) is 2.64. The predicted octanol–water partition coefficient (Wildman–Crippen LogP) is 1.10. The summed E-state index contributed by atoms with van der Waals surface area (Å²) in [4.78, 5) is 10.7. The van der Waals surface area contributed by atoms with Gasteiger partial charge < -0.3 is 5.11 Å². The number of carboxylic acids is 1. The van der Waals surface area contributed by atoms with E-state index in [1.165, 1.54) is 11.6 Å². The minimum Gasteiger partial charge on any atom is -0.480 e. The zero-order chi connectivity index (χ0) is 12.5. The maximum Gasteiger partial charge on any atom is 0.318 e. The van der Waals surface area contributed by atoms with Gasteiger partial charge in [-0.3, -0.25) is 13.7 Å². The largest absolute Gasteiger partial charge is 0.480 e. The second-order valence-corrected chi connectivity index (χ2v) is 5.60. The molecule has 1 aromatic heterocycles. The number of aromatic nitrogens is 2. The van der Waals surface area contributed by atoms with E-state index in [0.29, 0.717) is 16.4 Å². The topological polar surface area (TPSA) is 72.2 Å². The zero-order valence-corrected chi connectivity index (χ0v) is 10.8. The SMILES string of the molecule is Cc1nn(C)c(Cl)c1CS(=O)C(C)C(=O)O. The van der Waals surface area contributed by atoms with Crippen LogP contribution in [0.25, 0.3) is 0 Å². The highest BCUT2D eigenvalue weighted by Gasteiger charge is 2.22. The first kappa shape index (κ1) is 13.2. The van der Waals surface area contributed by atoms with E-state index in [-0.39, 0.29) is 5.75 Å². The average Bonchev–Trinajstić information content (AvgIpc) is 2.43. The van der Waals surface area contributed by atoms with Gasteiger partial charge in [0.05, 0.1) is 11.4 Å². The Kier molecular flexibility index (Phi) is 4.09. The molecule has 2 unspecified atom stereocenters. The third-order valence-corrected chi connectivity index (χ3v) is 4.33. The van der Waals surface area contributed by atoms with Gasteiger partial charge in [0.2, 0.25) is 0 Å². The zero-order valence-electron chi connectivity index (χ0n) is 9.23. The lowest BCUT2D eigenvalue weighted by molar-refractivity contribution is -0.136. The van der Waals surface area contributed by atoms with Gasteiger partial charge >= 0.3 is 5.97 Å². The average molecular weight is 265 g/mol. The molecule has 90 valence electrons. The van der Waals surface area contributed by atoms with Gasteiger partial charge in [0.25, 0.3) is 0 Å². The van der Waals surface area contributed by atoms with Crippen LogP contribution in [0.5, 0.6) is 0 Å². The van der Waals surface area contributed by atoms with E-state index in [4.69, 9.17) is 16.7 Å². The third-order valence-electron chi connectivity index (χ3n) is 2.30. The Morgan fingerprint density at radius 3 is 2.62 bits per heavy atom. The quantitative estimate of drug-likeness (QED) is 0.884. The number of carbonyl (C=O) groups is 1. The lowest BCUT2D eigenvalue weighted by Crippen LogP contribution is -2.23. The van der Waals surface area contributed by atoms with Crippen LogP contribution in [-0.4, -0.2) is 30.3 Å². The van der Waals surface area contributed by atoms with Crippen molar-refractivity contribution in [3.8, 4) is 0 Å². The van der Waals surface area contributed by atoms with E-state index < -0.39 is 22.0 Å². The van der Waals surface area contributed by atoms with Crippen LogP contribution < -0.4 is 0 Å². The van der Waals surface area contributed by atoms with Crippen LogP contribution in [0.1, 0.15) is 18.2 Å². The Labute approximate surface area is 101 Å². The summed E-state index contributed by atoms with van der Waals surface area (Å²) in [6, 6.07) is 0. The fraction of sp³-hybridized carbons (Fsp3) is 0.556. The summed E-state index contributed by atoms with van der Waals surface area (Å²) in [6.45, 7) is 3.17. The second kappa shape index (κ2) is 4.97. The Hall–Kier alpha value is -0.880. The van der Waals surface area contributed by atoms with Crippen LogP contribution in [0.4, 0.5) is 0 Å². The standard InChI is InChI=1S/C9H13ClN2O3S/c1-5-7(8(10)12(3)11-5)4-16(15)6(2)9(13)14/h6H,4H2,1-3H3,(H,13,14). The number of rotatable bonds is 4. The van der Waals surface area contributed by atoms with Crippen molar-refractivity contribution < 1.29 is 14.1 Å². The van der Waals surface area contributed by atoms with Crippen molar-refractivity contribution >= 4 is 28.4 Å². The number of aryl methyl sites for hydroxylation is 2. The van der Waals surface area contributed by atoms with Gasteiger partial charge in [0.15, 0.2) is 0 Å². The second-order valence-electron chi connectivity index (χ2n) is 3.48. The molecule has 0 radical (unpaired) electrons. The van der Waals surface area contributed by atoms with Crippen LogP contribution in [0.15, 0.2) is 0 Å². The highest BCUT2D eigenvalue weighted by Crippen LogP contribution is 2.21. The van der Waals surface area contributed by atoms with Gasteiger partial charge in [0, 0.05) is 23.4 Å². The first-order valence-electron chi connectivity index (χ1n) is 4.62. The maximum atomic E-state index is 11.7. The van der Waals surface area contributed by atoms with Crippen molar-refractivity contribution in [1.82, 2.24) is 9.78 Å². The summed E-state index contributed by atoms with van der Waals surface area (Å²) in [7, 11) is 0.193. The number of nitrogens with zero attached hydrogens (tertiary/aromatic N) is 2. The van der Waals surface area contributed by atoms with Gasteiger partial charge in [-0.1, -0.05) is 11.6 Å². The minimum atomic E-state index is -1.49. The summed E-state index contributed by atoms with van der Waals surface area (Å²) in [5.41, 5.74) is 1.33. The molecule has 0 bridgehead atoms. The summed E-state index contributed by atoms with van der Waals surface area (Å²) >= 11 is 5.96. The number of halogens is 1. The molecule has 1 N–H and O–H groups in total. The monoisotopic (exact) mass is 264 g/mol. The molecule has 7 heteroatoms. The number of carboxylic acid groups (broad SMARTS) is 1. The summed E-state index contributed by atoms with van der Waals surface area (Å²) < 4.78 is 13.2. The Bertz CT molecular complexity index is 444. The van der Waals surface area contributed by atoms with E-state index in [9.17, 15) is 9.00 Å². The van der Waals surface area contributed by atoms with Crippen LogP contribution in [0.2, 0.25) is 5.15 Å². The van der Waals surface area contributed by atoms with Gasteiger partial charge in [-0.05, 0) is 13.8 Å². The van der Waals surface area contributed by atoms with Crippen LogP contribution in [-0.2, 0) is 28.4 Å². The van der Waals surface area contributed by atoms with Crippen molar-refractivity contribution in [1.29, 1.82) is 0 Å². The predicted molar refractivity (Wildman–Crippen MR) is 61.9 cm³/mol. The first-order chi connectivity index (χ1) is 7.34. The summed E-state index contributed by atoms with van der Waals surface area (Å²) in [5.74, 6) is -0.956. The number of hydrogen-bond donors (Lipinski definition) is 1. The van der Waals surface area contributed by atoms with Crippen molar-refractivity contribution in [2.75, 3.05) is 0 Å². The lowest BCUT2D eigenvalue weighted by atomic mass is 10.3.